The number of halogens is 1. The topological polar surface area (TPSA) is 52.3 Å². The predicted octanol–water partition coefficient (Wildman–Crippen LogP) is 3.61. The maximum Gasteiger partial charge on any atom is 0.181 e. The van der Waals surface area contributed by atoms with Crippen LogP contribution in [-0.4, -0.2) is 26.7 Å². The van der Waals surface area contributed by atoms with Crippen molar-refractivity contribution >= 4 is 28.2 Å². The molecule has 0 N–H and O–H groups in total. The molecule has 0 radical (unpaired) electrons. The highest BCUT2D eigenvalue weighted by Gasteiger charge is 2.12. The van der Waals surface area contributed by atoms with Gasteiger partial charge < -0.3 is 4.74 Å². The molecular weight excluding hydrogens is 300 g/mol. The predicted molar refractivity (Wildman–Crippen MR) is 85.3 cm³/mol. The summed E-state index contributed by atoms with van der Waals surface area (Å²) in [6, 6.07) is 13.3. The number of methoxy groups -OCH3 is 1. The van der Waals surface area contributed by atoms with Crippen molar-refractivity contribution in [1.82, 2.24) is 19.6 Å². The van der Waals surface area contributed by atoms with Gasteiger partial charge in [-0.3, -0.25) is 4.98 Å². The van der Waals surface area contributed by atoms with Crippen molar-refractivity contribution in [3.8, 4) is 17.1 Å². The van der Waals surface area contributed by atoms with Crippen LogP contribution < -0.4 is 4.74 Å². The van der Waals surface area contributed by atoms with Crippen molar-refractivity contribution in [2.45, 2.75) is 0 Å². The Kier molecular flexibility index (Phi) is 2.94. The van der Waals surface area contributed by atoms with Crippen LogP contribution in [0.1, 0.15) is 0 Å². The van der Waals surface area contributed by atoms with Crippen LogP contribution in [0, 0.1) is 0 Å². The van der Waals surface area contributed by atoms with E-state index in [2.05, 4.69) is 15.1 Å². The minimum atomic E-state index is 0.394. The Hall–Kier alpha value is -2.66. The number of rotatable bonds is 2. The Morgan fingerprint density at radius 1 is 1.09 bits per heavy atom. The van der Waals surface area contributed by atoms with Gasteiger partial charge in [0.15, 0.2) is 11.0 Å². The molecule has 0 aliphatic rings. The molecule has 3 heterocycles. The molecule has 3 aromatic heterocycles. The van der Waals surface area contributed by atoms with Gasteiger partial charge in [0.2, 0.25) is 0 Å². The highest BCUT2D eigenvalue weighted by atomic mass is 35.5. The van der Waals surface area contributed by atoms with Crippen LogP contribution in [0.15, 0.2) is 48.7 Å². The van der Waals surface area contributed by atoms with Crippen LogP contribution in [0.25, 0.3) is 27.9 Å². The quantitative estimate of drug-likeness (QED) is 0.567. The summed E-state index contributed by atoms with van der Waals surface area (Å²) in [6.45, 7) is 0. The first-order chi connectivity index (χ1) is 10.8. The van der Waals surface area contributed by atoms with E-state index in [1.165, 1.54) is 0 Å². The standard InChI is InChI=1S/C16H11ClN4O/c1-22-11-5-2-4-10(8-11)16-19-15(17)14-9-12-13(21(14)20-16)6-3-7-18-12/h2-9H,1H3. The molecule has 0 amide bonds. The Balaban J connectivity index is 2.00. The normalized spacial score (nSPS) is 11.2. The van der Waals surface area contributed by atoms with Crippen LogP contribution in [0.4, 0.5) is 0 Å². The SMILES string of the molecule is COc1cccc(-c2nc(Cl)c3cc4ncccc4n3n2)c1. The third-order valence-electron chi connectivity index (χ3n) is 3.48. The third-order valence-corrected chi connectivity index (χ3v) is 3.76. The molecular formula is C16H11ClN4O. The second-order valence-electron chi connectivity index (χ2n) is 4.81. The number of fused-ring (bicyclic) bond motifs is 3. The smallest absolute Gasteiger partial charge is 0.181 e. The van der Waals surface area contributed by atoms with E-state index in [1.54, 1.807) is 17.8 Å². The van der Waals surface area contributed by atoms with Crippen molar-refractivity contribution in [1.29, 1.82) is 0 Å². The third kappa shape index (κ3) is 1.98. The maximum absolute atomic E-state index is 6.33. The van der Waals surface area contributed by atoms with Crippen molar-refractivity contribution < 1.29 is 4.74 Å². The number of benzene rings is 1. The second-order valence-corrected chi connectivity index (χ2v) is 5.17. The van der Waals surface area contributed by atoms with Gasteiger partial charge in [0.1, 0.15) is 11.3 Å². The summed E-state index contributed by atoms with van der Waals surface area (Å²) in [4.78, 5) is 8.71. The van der Waals surface area contributed by atoms with E-state index in [9.17, 15) is 0 Å². The molecule has 6 heteroatoms. The molecule has 0 unspecified atom stereocenters. The van der Waals surface area contributed by atoms with Gasteiger partial charge in [-0.2, -0.15) is 0 Å². The van der Waals surface area contributed by atoms with Gasteiger partial charge in [0, 0.05) is 11.8 Å². The number of aromatic nitrogens is 4. The fraction of sp³-hybridized carbons (Fsp3) is 0.0625. The van der Waals surface area contributed by atoms with Gasteiger partial charge in [0.25, 0.3) is 0 Å². The zero-order chi connectivity index (χ0) is 15.1. The lowest BCUT2D eigenvalue weighted by Gasteiger charge is -2.05. The molecule has 0 atom stereocenters. The lowest BCUT2D eigenvalue weighted by atomic mass is 10.2. The number of hydrogen-bond donors (Lipinski definition) is 0. The average molecular weight is 311 g/mol. The van der Waals surface area contributed by atoms with Crippen molar-refractivity contribution in [2.75, 3.05) is 7.11 Å². The van der Waals surface area contributed by atoms with Gasteiger partial charge in [-0.25, -0.2) is 9.50 Å². The van der Waals surface area contributed by atoms with E-state index in [-0.39, 0.29) is 0 Å². The van der Waals surface area contributed by atoms with Crippen molar-refractivity contribution in [3.05, 3.63) is 53.8 Å². The summed E-state index contributed by atoms with van der Waals surface area (Å²) in [5.74, 6) is 1.29. The average Bonchev–Trinajstić information content (AvgIpc) is 2.94. The first-order valence-electron chi connectivity index (χ1n) is 6.71. The van der Waals surface area contributed by atoms with Crippen LogP contribution in [-0.2, 0) is 0 Å². The molecule has 5 nitrogen and oxygen atoms in total. The minimum Gasteiger partial charge on any atom is -0.497 e. The zero-order valence-electron chi connectivity index (χ0n) is 11.7. The first-order valence-corrected chi connectivity index (χ1v) is 7.08. The molecule has 0 spiro atoms. The van der Waals surface area contributed by atoms with E-state index in [0.717, 1.165) is 27.9 Å². The van der Waals surface area contributed by atoms with E-state index in [4.69, 9.17) is 16.3 Å². The van der Waals surface area contributed by atoms with E-state index < -0.39 is 0 Å². The molecule has 0 fully saturated rings. The molecule has 0 saturated carbocycles. The Bertz CT molecular complexity index is 996. The number of ether oxygens (including phenoxy) is 1. The van der Waals surface area contributed by atoms with E-state index >= 15 is 0 Å². The molecule has 4 aromatic rings. The van der Waals surface area contributed by atoms with Crippen LogP contribution in [0.2, 0.25) is 5.15 Å². The van der Waals surface area contributed by atoms with E-state index in [0.29, 0.717) is 11.0 Å². The molecule has 0 aliphatic heterocycles. The summed E-state index contributed by atoms with van der Waals surface area (Å²) in [5, 5.41) is 4.99. The molecule has 22 heavy (non-hydrogen) atoms. The van der Waals surface area contributed by atoms with Gasteiger partial charge in [-0.05, 0) is 30.3 Å². The summed E-state index contributed by atoms with van der Waals surface area (Å²) in [6.07, 6.45) is 1.74. The summed E-state index contributed by atoms with van der Waals surface area (Å²) in [7, 11) is 1.63. The maximum atomic E-state index is 6.33. The molecule has 0 bridgehead atoms. The van der Waals surface area contributed by atoms with Gasteiger partial charge in [-0.15, -0.1) is 5.10 Å². The van der Waals surface area contributed by atoms with Crippen molar-refractivity contribution in [2.24, 2.45) is 0 Å². The highest BCUT2D eigenvalue weighted by Crippen LogP contribution is 2.26. The number of nitrogens with zero attached hydrogens (tertiary/aromatic N) is 4. The van der Waals surface area contributed by atoms with E-state index in [1.807, 2.05) is 42.5 Å². The lowest BCUT2D eigenvalue weighted by Crippen LogP contribution is -1.99. The Morgan fingerprint density at radius 2 is 2.00 bits per heavy atom. The molecule has 1 aromatic carbocycles. The number of hydrogen-bond acceptors (Lipinski definition) is 4. The van der Waals surface area contributed by atoms with Gasteiger partial charge in [-0.1, -0.05) is 23.7 Å². The highest BCUT2D eigenvalue weighted by molar-refractivity contribution is 6.33. The Morgan fingerprint density at radius 3 is 2.86 bits per heavy atom. The molecule has 0 aliphatic carbocycles. The van der Waals surface area contributed by atoms with Crippen LogP contribution >= 0.6 is 11.6 Å². The largest absolute Gasteiger partial charge is 0.497 e. The lowest BCUT2D eigenvalue weighted by molar-refractivity contribution is 0.415. The molecule has 0 saturated heterocycles. The Labute approximate surface area is 131 Å². The summed E-state index contributed by atoms with van der Waals surface area (Å²) in [5.41, 5.74) is 3.31. The van der Waals surface area contributed by atoms with Gasteiger partial charge in [0.05, 0.1) is 18.1 Å². The van der Waals surface area contributed by atoms with Crippen molar-refractivity contribution in [3.63, 3.8) is 0 Å². The summed E-state index contributed by atoms with van der Waals surface area (Å²) < 4.78 is 7.01. The number of pyridine rings is 1. The zero-order valence-corrected chi connectivity index (χ0v) is 12.4. The fourth-order valence-electron chi connectivity index (χ4n) is 2.43. The molecule has 108 valence electrons. The molecule has 4 rings (SSSR count). The second kappa shape index (κ2) is 4.96. The van der Waals surface area contributed by atoms with Crippen LogP contribution in [0.5, 0.6) is 5.75 Å². The monoisotopic (exact) mass is 310 g/mol. The summed E-state index contributed by atoms with van der Waals surface area (Å²) >= 11 is 6.33. The fourth-order valence-corrected chi connectivity index (χ4v) is 2.64. The van der Waals surface area contributed by atoms with Crippen LogP contribution in [0.3, 0.4) is 0 Å². The van der Waals surface area contributed by atoms with Gasteiger partial charge >= 0.3 is 0 Å². The first kappa shape index (κ1) is 13.0. The minimum absolute atomic E-state index is 0.394.